The fourth-order valence-corrected chi connectivity index (χ4v) is 2.89. The third-order valence-electron chi connectivity index (χ3n) is 3.96. The standard InChI is InChI=1S/C17H24O2/c1-2-19-17(18)9-5-6-14-10-12-16(13-11-14)15-7-3-4-8-15/h10-13,15H,2-9H2,1H3. The average Bonchev–Trinajstić information content (AvgIpc) is 2.94. The van der Waals surface area contributed by atoms with E-state index in [1.165, 1.54) is 36.8 Å². The van der Waals surface area contributed by atoms with E-state index in [0.717, 1.165) is 18.8 Å². The summed E-state index contributed by atoms with van der Waals surface area (Å²) in [4.78, 5) is 11.2. The quantitative estimate of drug-likeness (QED) is 0.715. The van der Waals surface area contributed by atoms with Crippen molar-refractivity contribution in [3.63, 3.8) is 0 Å². The molecular formula is C17H24O2. The molecule has 0 bridgehead atoms. The molecule has 0 saturated heterocycles. The molecule has 0 heterocycles. The molecule has 2 nitrogen and oxygen atoms in total. The second-order valence-electron chi connectivity index (χ2n) is 5.38. The van der Waals surface area contributed by atoms with Gasteiger partial charge in [0.15, 0.2) is 0 Å². The van der Waals surface area contributed by atoms with Crippen LogP contribution in [0, 0.1) is 0 Å². The molecular weight excluding hydrogens is 236 g/mol. The van der Waals surface area contributed by atoms with Crippen molar-refractivity contribution < 1.29 is 9.53 Å². The molecule has 0 unspecified atom stereocenters. The molecule has 1 aromatic carbocycles. The van der Waals surface area contributed by atoms with Crippen LogP contribution >= 0.6 is 0 Å². The fourth-order valence-electron chi connectivity index (χ4n) is 2.89. The zero-order chi connectivity index (χ0) is 13.5. The summed E-state index contributed by atoms with van der Waals surface area (Å²) >= 11 is 0. The maximum absolute atomic E-state index is 11.2. The van der Waals surface area contributed by atoms with Crippen LogP contribution in [0.3, 0.4) is 0 Å². The number of ether oxygens (including phenoxy) is 1. The van der Waals surface area contributed by atoms with Crippen molar-refractivity contribution in [2.45, 2.75) is 57.8 Å². The minimum absolute atomic E-state index is 0.0786. The number of hydrogen-bond acceptors (Lipinski definition) is 2. The first-order valence-corrected chi connectivity index (χ1v) is 7.54. The Labute approximate surface area is 116 Å². The van der Waals surface area contributed by atoms with E-state index < -0.39 is 0 Å². The van der Waals surface area contributed by atoms with E-state index in [-0.39, 0.29) is 5.97 Å². The van der Waals surface area contributed by atoms with Crippen LogP contribution in [0.25, 0.3) is 0 Å². The summed E-state index contributed by atoms with van der Waals surface area (Å²) in [6, 6.07) is 8.99. The molecule has 1 aliphatic carbocycles. The Morgan fingerprint density at radius 2 is 1.89 bits per heavy atom. The van der Waals surface area contributed by atoms with Crippen molar-refractivity contribution in [1.29, 1.82) is 0 Å². The lowest BCUT2D eigenvalue weighted by Crippen LogP contribution is -2.04. The molecule has 104 valence electrons. The normalized spacial score (nSPS) is 15.6. The highest BCUT2D eigenvalue weighted by atomic mass is 16.5. The summed E-state index contributed by atoms with van der Waals surface area (Å²) < 4.78 is 4.93. The third kappa shape index (κ3) is 4.38. The van der Waals surface area contributed by atoms with E-state index in [4.69, 9.17) is 4.74 Å². The minimum Gasteiger partial charge on any atom is -0.466 e. The van der Waals surface area contributed by atoms with Crippen molar-refractivity contribution in [3.8, 4) is 0 Å². The first kappa shape index (κ1) is 14.1. The maximum atomic E-state index is 11.2. The van der Waals surface area contributed by atoms with Crippen LogP contribution in [-0.4, -0.2) is 12.6 Å². The first-order chi connectivity index (χ1) is 9.29. The van der Waals surface area contributed by atoms with Gasteiger partial charge in [-0.25, -0.2) is 0 Å². The van der Waals surface area contributed by atoms with Crippen molar-refractivity contribution in [1.82, 2.24) is 0 Å². The Hall–Kier alpha value is -1.31. The molecule has 0 aliphatic heterocycles. The SMILES string of the molecule is CCOC(=O)CCCc1ccc(C2CCCC2)cc1. The number of aryl methyl sites for hydroxylation is 1. The number of benzene rings is 1. The molecule has 0 radical (unpaired) electrons. The van der Waals surface area contributed by atoms with Crippen LogP contribution in [0.4, 0.5) is 0 Å². The van der Waals surface area contributed by atoms with Crippen LogP contribution in [0.1, 0.15) is 62.5 Å². The number of carbonyl (C=O) groups is 1. The van der Waals surface area contributed by atoms with Gasteiger partial charge in [-0.1, -0.05) is 37.1 Å². The van der Waals surface area contributed by atoms with Gasteiger partial charge in [0.1, 0.15) is 0 Å². The lowest BCUT2D eigenvalue weighted by Gasteiger charge is -2.10. The fraction of sp³-hybridized carbons (Fsp3) is 0.588. The first-order valence-electron chi connectivity index (χ1n) is 7.54. The Morgan fingerprint density at radius 1 is 1.21 bits per heavy atom. The van der Waals surface area contributed by atoms with Gasteiger partial charge in [-0.2, -0.15) is 0 Å². The number of carbonyl (C=O) groups excluding carboxylic acids is 1. The number of esters is 1. The topological polar surface area (TPSA) is 26.3 Å². The Kier molecular flexibility index (Phi) is 5.44. The van der Waals surface area contributed by atoms with E-state index >= 15 is 0 Å². The van der Waals surface area contributed by atoms with Gasteiger partial charge in [-0.15, -0.1) is 0 Å². The lowest BCUT2D eigenvalue weighted by atomic mass is 9.96. The zero-order valence-corrected chi connectivity index (χ0v) is 11.9. The van der Waals surface area contributed by atoms with Crippen molar-refractivity contribution in [3.05, 3.63) is 35.4 Å². The molecule has 1 aromatic rings. The van der Waals surface area contributed by atoms with E-state index in [1.807, 2.05) is 6.92 Å². The van der Waals surface area contributed by atoms with Gasteiger partial charge >= 0.3 is 5.97 Å². The molecule has 1 saturated carbocycles. The van der Waals surface area contributed by atoms with Gasteiger partial charge < -0.3 is 4.74 Å². The summed E-state index contributed by atoms with van der Waals surface area (Å²) in [7, 11) is 0. The van der Waals surface area contributed by atoms with E-state index in [1.54, 1.807) is 0 Å². The predicted octanol–water partition coefficient (Wildman–Crippen LogP) is 4.23. The second-order valence-corrected chi connectivity index (χ2v) is 5.38. The van der Waals surface area contributed by atoms with Gasteiger partial charge in [0.2, 0.25) is 0 Å². The molecule has 0 atom stereocenters. The van der Waals surface area contributed by atoms with Crippen LogP contribution in [0.15, 0.2) is 24.3 Å². The summed E-state index contributed by atoms with van der Waals surface area (Å²) in [6.45, 7) is 2.33. The third-order valence-corrected chi connectivity index (χ3v) is 3.96. The van der Waals surface area contributed by atoms with Gasteiger partial charge in [0, 0.05) is 6.42 Å². The van der Waals surface area contributed by atoms with E-state index in [9.17, 15) is 4.79 Å². The highest BCUT2D eigenvalue weighted by Crippen LogP contribution is 2.33. The monoisotopic (exact) mass is 260 g/mol. The predicted molar refractivity (Wildman–Crippen MR) is 77.2 cm³/mol. The molecule has 19 heavy (non-hydrogen) atoms. The van der Waals surface area contributed by atoms with Crippen molar-refractivity contribution >= 4 is 5.97 Å². The van der Waals surface area contributed by atoms with Crippen LogP contribution in [0.2, 0.25) is 0 Å². The lowest BCUT2D eigenvalue weighted by molar-refractivity contribution is -0.143. The smallest absolute Gasteiger partial charge is 0.305 e. The molecule has 0 spiro atoms. The maximum Gasteiger partial charge on any atom is 0.305 e. The van der Waals surface area contributed by atoms with Gasteiger partial charge in [-0.3, -0.25) is 4.79 Å². The molecule has 1 fully saturated rings. The van der Waals surface area contributed by atoms with Gasteiger partial charge in [0.05, 0.1) is 6.61 Å². The zero-order valence-electron chi connectivity index (χ0n) is 11.9. The van der Waals surface area contributed by atoms with Gasteiger partial charge in [0.25, 0.3) is 0 Å². The average molecular weight is 260 g/mol. The second kappa shape index (κ2) is 7.32. The van der Waals surface area contributed by atoms with Crippen molar-refractivity contribution in [2.24, 2.45) is 0 Å². The van der Waals surface area contributed by atoms with Crippen LogP contribution in [0.5, 0.6) is 0 Å². The Morgan fingerprint density at radius 3 is 2.53 bits per heavy atom. The van der Waals surface area contributed by atoms with Crippen LogP contribution < -0.4 is 0 Å². The van der Waals surface area contributed by atoms with E-state index in [2.05, 4.69) is 24.3 Å². The highest BCUT2D eigenvalue weighted by Gasteiger charge is 2.16. The Bertz CT molecular complexity index is 388. The molecule has 1 aliphatic rings. The van der Waals surface area contributed by atoms with E-state index in [0.29, 0.717) is 13.0 Å². The Balaban J connectivity index is 1.77. The minimum atomic E-state index is -0.0786. The highest BCUT2D eigenvalue weighted by molar-refractivity contribution is 5.69. The van der Waals surface area contributed by atoms with Crippen LogP contribution in [-0.2, 0) is 16.0 Å². The largest absolute Gasteiger partial charge is 0.466 e. The molecule has 0 N–H and O–H groups in total. The summed E-state index contributed by atoms with van der Waals surface area (Å²) in [6.07, 6.45) is 7.83. The number of rotatable bonds is 6. The molecule has 2 heteroatoms. The molecule has 2 rings (SSSR count). The summed E-state index contributed by atoms with van der Waals surface area (Å²) in [5.41, 5.74) is 2.82. The van der Waals surface area contributed by atoms with Gasteiger partial charge in [-0.05, 0) is 49.7 Å². The summed E-state index contributed by atoms with van der Waals surface area (Å²) in [5, 5.41) is 0. The number of hydrogen-bond donors (Lipinski definition) is 0. The summed E-state index contributed by atoms with van der Waals surface area (Å²) in [5.74, 6) is 0.707. The molecule has 0 aromatic heterocycles. The molecule has 0 amide bonds. The van der Waals surface area contributed by atoms with Crippen molar-refractivity contribution in [2.75, 3.05) is 6.61 Å².